The molecule has 2 aromatic carbocycles. The average molecular weight is 444 g/mol. The molecule has 0 aliphatic carbocycles. The van der Waals surface area contributed by atoms with E-state index >= 15 is 0 Å². The molecule has 1 aromatic heterocycles. The standard InChI is InChI=1S/C25H20N2O6/c28-18-4-1-16(2-5-18)22-21(23(29)17-3-6-19-20(13-17)33-12-11-32-19)24(30)25(31)27(22)14-15-7-9-26-10-8-15/h1-10,13,22,28-29H,11-12,14H2/b23-21-. The number of aromatic nitrogens is 1. The molecule has 166 valence electrons. The van der Waals surface area contributed by atoms with Crippen molar-refractivity contribution >= 4 is 17.4 Å². The molecule has 3 aromatic rings. The van der Waals surface area contributed by atoms with Crippen LogP contribution in [0, 0.1) is 0 Å². The van der Waals surface area contributed by atoms with Gasteiger partial charge in [0.2, 0.25) is 0 Å². The predicted molar refractivity (Wildman–Crippen MR) is 118 cm³/mol. The molecule has 1 fully saturated rings. The molecule has 2 aliphatic heterocycles. The number of benzene rings is 2. The van der Waals surface area contributed by atoms with Crippen LogP contribution in [-0.2, 0) is 16.1 Å². The molecule has 8 nitrogen and oxygen atoms in total. The highest BCUT2D eigenvalue weighted by Gasteiger charge is 2.46. The lowest BCUT2D eigenvalue weighted by atomic mass is 9.95. The van der Waals surface area contributed by atoms with Crippen LogP contribution in [0.5, 0.6) is 17.2 Å². The number of pyridine rings is 1. The molecule has 1 saturated heterocycles. The van der Waals surface area contributed by atoms with Crippen molar-refractivity contribution < 1.29 is 29.3 Å². The van der Waals surface area contributed by atoms with E-state index in [-0.39, 0.29) is 23.6 Å². The Balaban J connectivity index is 1.63. The zero-order chi connectivity index (χ0) is 22.9. The zero-order valence-corrected chi connectivity index (χ0v) is 17.5. The fraction of sp³-hybridized carbons (Fsp3) is 0.160. The molecule has 33 heavy (non-hydrogen) atoms. The number of aliphatic hydroxyl groups is 1. The summed E-state index contributed by atoms with van der Waals surface area (Å²) in [5.41, 5.74) is 1.68. The molecule has 3 heterocycles. The zero-order valence-electron chi connectivity index (χ0n) is 17.5. The molecule has 0 spiro atoms. The first-order valence-corrected chi connectivity index (χ1v) is 10.4. The van der Waals surface area contributed by atoms with Gasteiger partial charge in [0.1, 0.15) is 24.7 Å². The maximum atomic E-state index is 13.1. The Kier molecular flexibility index (Phi) is 5.18. The molecular formula is C25H20N2O6. The van der Waals surface area contributed by atoms with Crippen LogP contribution in [-0.4, -0.2) is 45.0 Å². The van der Waals surface area contributed by atoms with Gasteiger partial charge < -0.3 is 24.6 Å². The lowest BCUT2D eigenvalue weighted by Gasteiger charge is -2.25. The number of fused-ring (bicyclic) bond motifs is 1. The van der Waals surface area contributed by atoms with E-state index in [4.69, 9.17) is 9.47 Å². The SMILES string of the molecule is O=C1C(=O)N(Cc2ccncc2)C(c2ccc(O)cc2)/C1=C(/O)c1ccc2c(c1)OCCO2. The Morgan fingerprint density at radius 3 is 2.39 bits per heavy atom. The summed E-state index contributed by atoms with van der Waals surface area (Å²) in [6, 6.07) is 13.8. The van der Waals surface area contributed by atoms with Crippen LogP contribution >= 0.6 is 0 Å². The van der Waals surface area contributed by atoms with E-state index in [9.17, 15) is 19.8 Å². The number of likely N-dealkylation sites (tertiary alicyclic amines) is 1. The van der Waals surface area contributed by atoms with Crippen molar-refractivity contribution in [2.75, 3.05) is 13.2 Å². The van der Waals surface area contributed by atoms with Gasteiger partial charge in [-0.3, -0.25) is 14.6 Å². The second-order valence-corrected chi connectivity index (χ2v) is 7.73. The topological polar surface area (TPSA) is 109 Å². The third kappa shape index (κ3) is 3.76. The number of rotatable bonds is 4. The van der Waals surface area contributed by atoms with Gasteiger partial charge in [-0.1, -0.05) is 12.1 Å². The van der Waals surface area contributed by atoms with Crippen LogP contribution in [0.4, 0.5) is 0 Å². The summed E-state index contributed by atoms with van der Waals surface area (Å²) in [7, 11) is 0. The minimum absolute atomic E-state index is 0.0311. The monoisotopic (exact) mass is 444 g/mol. The molecule has 1 unspecified atom stereocenters. The lowest BCUT2D eigenvalue weighted by molar-refractivity contribution is -0.140. The highest BCUT2D eigenvalue weighted by molar-refractivity contribution is 6.46. The van der Waals surface area contributed by atoms with Crippen LogP contribution in [0.25, 0.3) is 5.76 Å². The summed E-state index contributed by atoms with van der Waals surface area (Å²) in [5, 5.41) is 20.9. The van der Waals surface area contributed by atoms with E-state index < -0.39 is 17.7 Å². The quantitative estimate of drug-likeness (QED) is 0.361. The summed E-state index contributed by atoms with van der Waals surface area (Å²) < 4.78 is 11.1. The maximum absolute atomic E-state index is 13.1. The molecule has 2 N–H and O–H groups in total. The predicted octanol–water partition coefficient (Wildman–Crippen LogP) is 3.18. The number of ketones is 1. The summed E-state index contributed by atoms with van der Waals surface area (Å²) in [6.07, 6.45) is 3.22. The minimum atomic E-state index is -0.841. The number of carbonyl (C=O) groups is 2. The van der Waals surface area contributed by atoms with Gasteiger partial charge in [-0.2, -0.15) is 0 Å². The fourth-order valence-corrected chi connectivity index (χ4v) is 4.08. The van der Waals surface area contributed by atoms with E-state index in [0.717, 1.165) is 5.56 Å². The number of hydrogen-bond donors (Lipinski definition) is 2. The smallest absolute Gasteiger partial charge is 0.295 e. The van der Waals surface area contributed by atoms with E-state index in [2.05, 4.69) is 4.98 Å². The number of aliphatic hydroxyl groups excluding tert-OH is 1. The van der Waals surface area contributed by atoms with Crippen molar-refractivity contribution in [3.63, 3.8) is 0 Å². The van der Waals surface area contributed by atoms with Gasteiger partial charge in [0.25, 0.3) is 11.7 Å². The van der Waals surface area contributed by atoms with Crippen molar-refractivity contribution in [1.29, 1.82) is 0 Å². The number of carbonyl (C=O) groups excluding carboxylic acids is 2. The molecule has 0 saturated carbocycles. The van der Waals surface area contributed by atoms with Gasteiger partial charge in [0.15, 0.2) is 11.5 Å². The van der Waals surface area contributed by atoms with Gasteiger partial charge in [0, 0.05) is 24.5 Å². The van der Waals surface area contributed by atoms with Crippen LogP contribution < -0.4 is 9.47 Å². The molecule has 1 amide bonds. The van der Waals surface area contributed by atoms with E-state index in [1.165, 1.54) is 17.0 Å². The van der Waals surface area contributed by atoms with Crippen molar-refractivity contribution in [1.82, 2.24) is 9.88 Å². The Morgan fingerprint density at radius 1 is 0.970 bits per heavy atom. The van der Waals surface area contributed by atoms with Gasteiger partial charge >= 0.3 is 0 Å². The number of phenolic OH excluding ortho intramolecular Hbond substituents is 1. The van der Waals surface area contributed by atoms with E-state index in [1.807, 2.05) is 0 Å². The largest absolute Gasteiger partial charge is 0.508 e. The van der Waals surface area contributed by atoms with Gasteiger partial charge in [-0.25, -0.2) is 0 Å². The number of hydrogen-bond acceptors (Lipinski definition) is 7. The van der Waals surface area contributed by atoms with Crippen LogP contribution in [0.2, 0.25) is 0 Å². The Bertz CT molecular complexity index is 1250. The first-order chi connectivity index (χ1) is 16.0. The molecule has 0 bridgehead atoms. The maximum Gasteiger partial charge on any atom is 0.295 e. The molecule has 5 rings (SSSR count). The highest BCUT2D eigenvalue weighted by atomic mass is 16.6. The van der Waals surface area contributed by atoms with Crippen LogP contribution in [0.15, 0.2) is 72.6 Å². The summed E-state index contributed by atoms with van der Waals surface area (Å²) in [5.74, 6) is -0.751. The first kappa shape index (κ1) is 20.6. The van der Waals surface area contributed by atoms with Crippen molar-refractivity contribution in [2.45, 2.75) is 12.6 Å². The number of amides is 1. The number of nitrogens with zero attached hydrogens (tertiary/aromatic N) is 2. The molecule has 0 radical (unpaired) electrons. The van der Waals surface area contributed by atoms with Crippen molar-refractivity contribution in [3.8, 4) is 17.2 Å². The minimum Gasteiger partial charge on any atom is -0.508 e. The molecule has 1 atom stereocenters. The molecule has 8 heteroatoms. The summed E-state index contributed by atoms with van der Waals surface area (Å²) >= 11 is 0. The third-order valence-corrected chi connectivity index (χ3v) is 5.67. The second-order valence-electron chi connectivity index (χ2n) is 7.73. The molecule has 2 aliphatic rings. The second kappa shape index (κ2) is 8.31. The van der Waals surface area contributed by atoms with Crippen molar-refractivity contribution in [2.24, 2.45) is 0 Å². The van der Waals surface area contributed by atoms with Crippen LogP contribution in [0.1, 0.15) is 22.7 Å². The third-order valence-electron chi connectivity index (χ3n) is 5.67. The normalized spacial score (nSPS) is 19.0. The van der Waals surface area contributed by atoms with Crippen molar-refractivity contribution in [3.05, 3.63) is 89.3 Å². The number of phenols is 1. The Labute approximate surface area is 189 Å². The molecular weight excluding hydrogens is 424 g/mol. The number of Topliss-reactive ketones (excluding diaryl/α,β-unsaturated/α-hetero) is 1. The van der Waals surface area contributed by atoms with E-state index in [0.29, 0.717) is 35.8 Å². The van der Waals surface area contributed by atoms with E-state index in [1.54, 1.807) is 54.9 Å². The number of aromatic hydroxyl groups is 1. The first-order valence-electron chi connectivity index (χ1n) is 10.4. The lowest BCUT2D eigenvalue weighted by Crippen LogP contribution is -2.29. The number of ether oxygens (including phenoxy) is 2. The van der Waals surface area contributed by atoms with Gasteiger partial charge in [0.05, 0.1) is 11.6 Å². The summed E-state index contributed by atoms with van der Waals surface area (Å²) in [6.45, 7) is 0.955. The Morgan fingerprint density at radius 2 is 1.67 bits per heavy atom. The Hall–Kier alpha value is -4.33. The highest BCUT2D eigenvalue weighted by Crippen LogP contribution is 2.42. The average Bonchev–Trinajstić information content (AvgIpc) is 3.09. The van der Waals surface area contributed by atoms with Crippen LogP contribution in [0.3, 0.4) is 0 Å². The summed E-state index contributed by atoms with van der Waals surface area (Å²) in [4.78, 5) is 31.6. The van der Waals surface area contributed by atoms with Gasteiger partial charge in [-0.15, -0.1) is 0 Å². The van der Waals surface area contributed by atoms with Gasteiger partial charge in [-0.05, 0) is 53.6 Å². The fourth-order valence-electron chi connectivity index (χ4n) is 4.08.